The lowest BCUT2D eigenvalue weighted by Gasteiger charge is -2.12. The molecular weight excluding hydrogens is 248 g/mol. The van der Waals surface area contributed by atoms with Crippen LogP contribution >= 0.6 is 10.7 Å². The maximum absolute atomic E-state index is 11.2. The fourth-order valence-corrected chi connectivity index (χ4v) is 2.39. The molecule has 0 fully saturated rings. The second-order valence-corrected chi connectivity index (χ2v) is 6.24. The van der Waals surface area contributed by atoms with Crippen molar-refractivity contribution in [3.05, 3.63) is 23.3 Å². The number of hydrogen-bond acceptors (Lipinski definition) is 3. The molecule has 16 heavy (non-hydrogen) atoms. The minimum absolute atomic E-state index is 0.119. The van der Waals surface area contributed by atoms with E-state index >= 15 is 0 Å². The highest BCUT2D eigenvalue weighted by Crippen LogP contribution is 2.28. The van der Waals surface area contributed by atoms with E-state index in [1.807, 2.05) is 20.8 Å². The number of halogens is 1. The van der Waals surface area contributed by atoms with Gasteiger partial charge in [-0.15, -0.1) is 0 Å². The normalized spacial score (nSPS) is 11.5. The lowest BCUT2D eigenvalue weighted by Crippen LogP contribution is -2.01. The Labute approximate surface area is 101 Å². The summed E-state index contributed by atoms with van der Waals surface area (Å²) in [6.45, 7) is 6.25. The molecule has 0 aliphatic carbocycles. The molecule has 5 heteroatoms. The summed E-state index contributed by atoms with van der Waals surface area (Å²) in [4.78, 5) is 0.119. The van der Waals surface area contributed by atoms with Crippen LogP contribution < -0.4 is 4.74 Å². The summed E-state index contributed by atoms with van der Waals surface area (Å²) in [5.74, 6) is 0.742. The molecule has 0 N–H and O–H groups in total. The summed E-state index contributed by atoms with van der Waals surface area (Å²) in [7, 11) is 1.62. The average molecular weight is 263 g/mol. The molecule has 0 aliphatic rings. The van der Waals surface area contributed by atoms with Gasteiger partial charge in [0.1, 0.15) is 5.75 Å². The molecular formula is C11H15ClO3S. The van der Waals surface area contributed by atoms with Crippen LogP contribution in [0.1, 0.15) is 24.5 Å². The van der Waals surface area contributed by atoms with Gasteiger partial charge in [0.15, 0.2) is 0 Å². The molecule has 90 valence electrons. The smallest absolute Gasteiger partial charge is 0.261 e. The topological polar surface area (TPSA) is 43.4 Å². The highest BCUT2D eigenvalue weighted by Gasteiger charge is 2.14. The lowest BCUT2D eigenvalue weighted by molar-refractivity contribution is 0.313. The molecule has 0 unspecified atom stereocenters. The maximum Gasteiger partial charge on any atom is 0.261 e. The first-order valence-corrected chi connectivity index (χ1v) is 7.36. The lowest BCUT2D eigenvalue weighted by atomic mass is 10.1. The Balaban J connectivity index is 3.18. The van der Waals surface area contributed by atoms with E-state index in [0.717, 1.165) is 23.3 Å². The number of hydrogen-bond donors (Lipinski definition) is 0. The predicted molar refractivity (Wildman–Crippen MR) is 64.7 cm³/mol. The third kappa shape index (κ3) is 3.12. The molecule has 0 saturated heterocycles. The van der Waals surface area contributed by atoms with E-state index in [4.69, 9.17) is 15.4 Å². The molecule has 3 nitrogen and oxygen atoms in total. The Morgan fingerprint density at radius 1 is 1.25 bits per heavy atom. The van der Waals surface area contributed by atoms with E-state index < -0.39 is 9.05 Å². The molecule has 0 atom stereocenters. The molecule has 0 aliphatic heterocycles. The first kappa shape index (κ1) is 13.3. The Bertz CT molecular complexity index is 457. The zero-order chi connectivity index (χ0) is 12.3. The van der Waals surface area contributed by atoms with Gasteiger partial charge in [-0.25, -0.2) is 8.42 Å². The van der Waals surface area contributed by atoms with Crippen molar-refractivity contribution in [2.45, 2.75) is 32.1 Å². The van der Waals surface area contributed by atoms with E-state index in [9.17, 15) is 8.42 Å². The van der Waals surface area contributed by atoms with Gasteiger partial charge < -0.3 is 4.74 Å². The van der Waals surface area contributed by atoms with Crippen LogP contribution in [-0.4, -0.2) is 15.0 Å². The Hall–Kier alpha value is -0.740. The molecule has 0 amide bonds. The van der Waals surface area contributed by atoms with E-state index in [1.54, 1.807) is 0 Å². The van der Waals surface area contributed by atoms with Crippen molar-refractivity contribution < 1.29 is 13.2 Å². The van der Waals surface area contributed by atoms with Gasteiger partial charge in [-0.3, -0.25) is 0 Å². The molecule has 1 aromatic rings. The Morgan fingerprint density at radius 3 is 2.12 bits per heavy atom. The summed E-state index contributed by atoms with van der Waals surface area (Å²) in [5, 5.41) is 0. The summed E-state index contributed by atoms with van der Waals surface area (Å²) < 4.78 is 27.9. The van der Waals surface area contributed by atoms with Gasteiger partial charge in [-0.1, -0.05) is 6.92 Å². The second-order valence-electron chi connectivity index (χ2n) is 3.67. The van der Waals surface area contributed by atoms with Crippen LogP contribution in [0.2, 0.25) is 0 Å². The highest BCUT2D eigenvalue weighted by molar-refractivity contribution is 8.13. The van der Waals surface area contributed by atoms with Crippen molar-refractivity contribution in [2.24, 2.45) is 0 Å². The fourth-order valence-electron chi connectivity index (χ4n) is 1.48. The molecule has 0 bridgehead atoms. The Kier molecular flexibility index (Phi) is 4.21. The van der Waals surface area contributed by atoms with E-state index in [0.29, 0.717) is 6.61 Å². The van der Waals surface area contributed by atoms with E-state index in [1.165, 1.54) is 12.1 Å². The molecule has 0 heterocycles. The first-order valence-electron chi connectivity index (χ1n) is 5.05. The molecule has 1 aromatic carbocycles. The molecule has 1 rings (SSSR count). The van der Waals surface area contributed by atoms with Gasteiger partial charge in [0.05, 0.1) is 11.5 Å². The van der Waals surface area contributed by atoms with Crippen LogP contribution in [0.5, 0.6) is 5.75 Å². The molecule has 0 spiro atoms. The third-order valence-electron chi connectivity index (χ3n) is 2.17. The first-order chi connectivity index (χ1) is 7.36. The van der Waals surface area contributed by atoms with Crippen molar-refractivity contribution in [3.63, 3.8) is 0 Å². The number of benzene rings is 1. The van der Waals surface area contributed by atoms with Gasteiger partial charge in [0.25, 0.3) is 9.05 Å². The SMILES string of the molecule is CCCOc1c(C)cc(S(=O)(=O)Cl)cc1C. The van der Waals surface area contributed by atoms with E-state index in [2.05, 4.69) is 0 Å². The number of rotatable bonds is 4. The van der Waals surface area contributed by atoms with Gasteiger partial charge in [-0.05, 0) is 43.5 Å². The summed E-state index contributed by atoms with van der Waals surface area (Å²) in [6, 6.07) is 3.06. The Morgan fingerprint density at radius 2 is 1.75 bits per heavy atom. The minimum atomic E-state index is -3.67. The van der Waals surface area contributed by atoms with Crippen LogP contribution in [0.15, 0.2) is 17.0 Å². The van der Waals surface area contributed by atoms with Crippen molar-refractivity contribution >= 4 is 19.7 Å². The van der Waals surface area contributed by atoms with Crippen LogP contribution in [-0.2, 0) is 9.05 Å². The monoisotopic (exact) mass is 262 g/mol. The zero-order valence-corrected chi connectivity index (χ0v) is 11.2. The van der Waals surface area contributed by atoms with Crippen molar-refractivity contribution in [1.29, 1.82) is 0 Å². The third-order valence-corrected chi connectivity index (χ3v) is 3.50. The van der Waals surface area contributed by atoms with E-state index in [-0.39, 0.29) is 4.90 Å². The zero-order valence-electron chi connectivity index (χ0n) is 9.58. The molecule has 0 aromatic heterocycles. The van der Waals surface area contributed by atoms with Crippen LogP contribution in [0.4, 0.5) is 0 Å². The van der Waals surface area contributed by atoms with Crippen LogP contribution in [0, 0.1) is 13.8 Å². The quantitative estimate of drug-likeness (QED) is 0.784. The minimum Gasteiger partial charge on any atom is -0.493 e. The summed E-state index contributed by atoms with van der Waals surface area (Å²) in [5.41, 5.74) is 1.57. The molecule has 0 saturated carbocycles. The van der Waals surface area contributed by atoms with Crippen molar-refractivity contribution in [1.82, 2.24) is 0 Å². The van der Waals surface area contributed by atoms with Crippen molar-refractivity contribution in [2.75, 3.05) is 6.61 Å². The standard InChI is InChI=1S/C11H15ClO3S/c1-4-5-15-11-8(2)6-10(7-9(11)3)16(12,13)14/h6-7H,4-5H2,1-3H3. The summed E-state index contributed by atoms with van der Waals surface area (Å²) in [6.07, 6.45) is 0.911. The average Bonchev–Trinajstić information content (AvgIpc) is 2.15. The number of aryl methyl sites for hydroxylation is 2. The second kappa shape index (κ2) is 5.06. The fraction of sp³-hybridized carbons (Fsp3) is 0.455. The largest absolute Gasteiger partial charge is 0.493 e. The van der Waals surface area contributed by atoms with Crippen LogP contribution in [0.3, 0.4) is 0 Å². The van der Waals surface area contributed by atoms with Crippen molar-refractivity contribution in [3.8, 4) is 5.75 Å². The molecule has 0 radical (unpaired) electrons. The predicted octanol–water partition coefficient (Wildman–Crippen LogP) is 3.02. The van der Waals surface area contributed by atoms with Gasteiger partial charge in [0.2, 0.25) is 0 Å². The van der Waals surface area contributed by atoms with Gasteiger partial charge in [-0.2, -0.15) is 0 Å². The number of ether oxygens (including phenoxy) is 1. The van der Waals surface area contributed by atoms with Gasteiger partial charge >= 0.3 is 0 Å². The van der Waals surface area contributed by atoms with Crippen LogP contribution in [0.25, 0.3) is 0 Å². The van der Waals surface area contributed by atoms with Gasteiger partial charge in [0, 0.05) is 10.7 Å². The summed E-state index contributed by atoms with van der Waals surface area (Å²) >= 11 is 0. The highest BCUT2D eigenvalue weighted by atomic mass is 35.7. The maximum atomic E-state index is 11.2.